The molecule has 7 heteroatoms. The van der Waals surface area contributed by atoms with Gasteiger partial charge in [-0.3, -0.25) is 5.32 Å². The second kappa shape index (κ2) is 7.88. The Labute approximate surface area is 166 Å². The first-order valence-corrected chi connectivity index (χ1v) is 9.41. The Morgan fingerprint density at radius 2 is 1.93 bits per heavy atom. The second-order valence-electron chi connectivity index (χ2n) is 7.88. The minimum atomic E-state index is -0.262. The van der Waals surface area contributed by atoms with Crippen molar-refractivity contribution >= 4 is 11.8 Å². The van der Waals surface area contributed by atoms with E-state index in [1.807, 2.05) is 58.9 Å². The highest BCUT2D eigenvalue weighted by atomic mass is 16.2. The zero-order valence-corrected chi connectivity index (χ0v) is 17.2. The Kier molecular flexibility index (Phi) is 5.53. The third kappa shape index (κ3) is 4.24. The fourth-order valence-corrected chi connectivity index (χ4v) is 3.00. The molecule has 2 amide bonds. The molecule has 1 N–H and O–H groups in total. The first-order valence-electron chi connectivity index (χ1n) is 9.41. The van der Waals surface area contributed by atoms with Gasteiger partial charge in [0.25, 0.3) is 0 Å². The number of nitrogens with zero attached hydrogens (tertiary/aromatic N) is 5. The van der Waals surface area contributed by atoms with Gasteiger partial charge in [-0.1, -0.05) is 30.3 Å². The van der Waals surface area contributed by atoms with Crippen molar-refractivity contribution in [3.8, 4) is 11.1 Å². The summed E-state index contributed by atoms with van der Waals surface area (Å²) in [6, 6.07) is 9.81. The van der Waals surface area contributed by atoms with Gasteiger partial charge in [0.15, 0.2) is 0 Å². The summed E-state index contributed by atoms with van der Waals surface area (Å²) >= 11 is 0. The van der Waals surface area contributed by atoms with E-state index in [1.54, 1.807) is 18.1 Å². The lowest BCUT2D eigenvalue weighted by Crippen LogP contribution is -2.36. The van der Waals surface area contributed by atoms with E-state index in [0.717, 1.165) is 17.0 Å². The summed E-state index contributed by atoms with van der Waals surface area (Å²) in [6.07, 6.45) is 5.50. The van der Waals surface area contributed by atoms with Crippen LogP contribution >= 0.6 is 0 Å². The van der Waals surface area contributed by atoms with Crippen molar-refractivity contribution in [3.63, 3.8) is 0 Å². The van der Waals surface area contributed by atoms with Gasteiger partial charge in [0.2, 0.25) is 0 Å². The lowest BCUT2D eigenvalue weighted by molar-refractivity contribution is 0.220. The number of carbonyl (C=O) groups is 1. The van der Waals surface area contributed by atoms with Crippen LogP contribution in [0.3, 0.4) is 0 Å². The van der Waals surface area contributed by atoms with Gasteiger partial charge in [0.05, 0.1) is 11.7 Å². The van der Waals surface area contributed by atoms with Crippen LogP contribution in [0.2, 0.25) is 0 Å². The molecule has 3 rings (SSSR count). The van der Waals surface area contributed by atoms with E-state index in [2.05, 4.69) is 36.2 Å². The first kappa shape index (κ1) is 19.7. The highest BCUT2D eigenvalue weighted by Gasteiger charge is 2.24. The van der Waals surface area contributed by atoms with Crippen molar-refractivity contribution in [2.75, 3.05) is 18.9 Å². The number of hydrogen-bond donors (Lipinski definition) is 1. The molecule has 28 heavy (non-hydrogen) atoms. The number of likely N-dealkylation sites (N-methyl/N-ethyl adjacent to an activating group) is 1. The summed E-state index contributed by atoms with van der Waals surface area (Å²) in [5.74, 6) is 1.64. The molecular formula is C21H28N6O. The van der Waals surface area contributed by atoms with Crippen LogP contribution in [-0.4, -0.2) is 43.9 Å². The van der Waals surface area contributed by atoms with Gasteiger partial charge >= 0.3 is 6.03 Å². The summed E-state index contributed by atoms with van der Waals surface area (Å²) in [5.41, 5.74) is 1.66. The molecule has 2 heterocycles. The molecule has 2 aromatic heterocycles. The van der Waals surface area contributed by atoms with Crippen LogP contribution in [0.15, 0.2) is 48.9 Å². The molecule has 0 bridgehead atoms. The highest BCUT2D eigenvalue weighted by molar-refractivity contribution is 5.93. The van der Waals surface area contributed by atoms with Crippen LogP contribution in [0.25, 0.3) is 11.1 Å². The van der Waals surface area contributed by atoms with Crippen LogP contribution in [0.4, 0.5) is 10.6 Å². The number of aromatic nitrogens is 4. The van der Waals surface area contributed by atoms with E-state index in [4.69, 9.17) is 0 Å². The zero-order valence-electron chi connectivity index (χ0n) is 17.2. The van der Waals surface area contributed by atoms with Crippen molar-refractivity contribution in [2.24, 2.45) is 0 Å². The second-order valence-corrected chi connectivity index (χ2v) is 7.88. The van der Waals surface area contributed by atoms with E-state index in [1.165, 1.54) is 0 Å². The minimum Gasteiger partial charge on any atom is -0.333 e. The smallest absolute Gasteiger partial charge is 0.322 e. The van der Waals surface area contributed by atoms with Gasteiger partial charge in [-0.25, -0.2) is 14.5 Å². The summed E-state index contributed by atoms with van der Waals surface area (Å²) in [7, 11) is 1.79. The number of imidazole rings is 1. The molecule has 0 spiro atoms. The predicted octanol–water partition coefficient (Wildman–Crippen LogP) is 3.97. The number of carbonyl (C=O) groups excluding carboxylic acids is 1. The number of benzene rings is 1. The molecule has 148 valence electrons. The van der Waals surface area contributed by atoms with Gasteiger partial charge in [-0.05, 0) is 33.3 Å². The fraction of sp³-hybridized carbons (Fsp3) is 0.381. The van der Waals surface area contributed by atoms with Gasteiger partial charge in [0.1, 0.15) is 11.6 Å². The molecule has 0 aliphatic rings. The molecule has 0 radical (unpaired) electrons. The van der Waals surface area contributed by atoms with Gasteiger partial charge in [-0.15, -0.1) is 0 Å². The summed E-state index contributed by atoms with van der Waals surface area (Å²) in [4.78, 5) is 18.8. The largest absolute Gasteiger partial charge is 0.333 e. The number of rotatable bonds is 5. The monoisotopic (exact) mass is 380 g/mol. The van der Waals surface area contributed by atoms with Crippen LogP contribution < -0.4 is 5.32 Å². The fourth-order valence-electron chi connectivity index (χ4n) is 3.00. The molecule has 0 saturated carbocycles. The number of urea groups is 1. The number of amides is 2. The lowest BCUT2D eigenvalue weighted by Gasteiger charge is -2.25. The summed E-state index contributed by atoms with van der Waals surface area (Å²) in [6.45, 7) is 9.42. The minimum absolute atomic E-state index is 0.166. The predicted molar refractivity (Wildman–Crippen MR) is 111 cm³/mol. The zero-order chi connectivity index (χ0) is 20.3. The maximum Gasteiger partial charge on any atom is 0.322 e. The van der Waals surface area contributed by atoms with Crippen LogP contribution in [0, 0.1) is 6.92 Å². The van der Waals surface area contributed by atoms with Crippen molar-refractivity contribution in [2.45, 2.75) is 39.8 Å². The molecule has 0 unspecified atom stereocenters. The third-order valence-electron chi connectivity index (χ3n) is 4.66. The molecule has 7 nitrogen and oxygen atoms in total. The average molecular weight is 380 g/mol. The van der Waals surface area contributed by atoms with Gasteiger partial charge in [-0.2, -0.15) is 5.10 Å². The molecule has 0 saturated heterocycles. The number of aryl methyl sites for hydroxylation is 1. The van der Waals surface area contributed by atoms with E-state index < -0.39 is 0 Å². The summed E-state index contributed by atoms with van der Waals surface area (Å²) in [5, 5.41) is 7.62. The van der Waals surface area contributed by atoms with Crippen LogP contribution in [-0.2, 0) is 12.1 Å². The lowest BCUT2D eigenvalue weighted by atomic mass is 10.1. The van der Waals surface area contributed by atoms with E-state index in [-0.39, 0.29) is 11.6 Å². The molecule has 0 aliphatic heterocycles. The molecule has 0 aliphatic carbocycles. The Morgan fingerprint density at radius 3 is 2.54 bits per heavy atom. The maximum absolute atomic E-state index is 12.9. The molecule has 1 aromatic carbocycles. The van der Waals surface area contributed by atoms with Crippen molar-refractivity contribution < 1.29 is 4.79 Å². The quantitative estimate of drug-likeness (QED) is 0.728. The average Bonchev–Trinajstić information content (AvgIpc) is 3.26. The van der Waals surface area contributed by atoms with E-state index in [9.17, 15) is 4.79 Å². The molecule has 0 fully saturated rings. The third-order valence-corrected chi connectivity index (χ3v) is 4.66. The van der Waals surface area contributed by atoms with Crippen LogP contribution in [0.1, 0.15) is 26.6 Å². The van der Waals surface area contributed by atoms with Crippen LogP contribution in [0.5, 0.6) is 0 Å². The molecule has 0 atom stereocenters. The number of nitrogens with one attached hydrogen (secondary N) is 1. The number of anilines is 1. The first-order chi connectivity index (χ1) is 13.3. The normalized spacial score (nSPS) is 11.5. The Hall–Kier alpha value is -3.09. The Morgan fingerprint density at radius 1 is 1.21 bits per heavy atom. The Balaban J connectivity index is 1.80. The van der Waals surface area contributed by atoms with Crippen molar-refractivity contribution in [3.05, 3.63) is 54.7 Å². The molecule has 3 aromatic rings. The molecular weight excluding hydrogens is 352 g/mol. The SMILES string of the molecule is Cc1nccn1CCN(C)C(=O)Nc1c(-c2ccccc2)cnn1C(C)(C)C. The van der Waals surface area contributed by atoms with E-state index >= 15 is 0 Å². The van der Waals surface area contributed by atoms with Crippen molar-refractivity contribution in [1.29, 1.82) is 0 Å². The van der Waals surface area contributed by atoms with Crippen molar-refractivity contribution in [1.82, 2.24) is 24.2 Å². The standard InChI is InChI=1S/C21H28N6O/c1-16-22-11-12-26(16)14-13-25(5)20(28)24-19-18(17-9-7-6-8-10-17)15-23-27(19)21(2,3)4/h6-12,15H,13-14H2,1-5H3,(H,24,28). The maximum atomic E-state index is 12.9. The topological polar surface area (TPSA) is 68.0 Å². The van der Waals surface area contributed by atoms with Gasteiger partial charge < -0.3 is 9.47 Å². The van der Waals surface area contributed by atoms with E-state index in [0.29, 0.717) is 18.9 Å². The highest BCUT2D eigenvalue weighted by Crippen LogP contribution is 2.31. The van der Waals surface area contributed by atoms with Gasteiger partial charge in [0, 0.05) is 38.1 Å². The Bertz CT molecular complexity index is 935. The summed E-state index contributed by atoms with van der Waals surface area (Å²) < 4.78 is 3.89. The number of hydrogen-bond acceptors (Lipinski definition) is 3.